The van der Waals surface area contributed by atoms with Crippen LogP contribution < -0.4 is 5.32 Å². The van der Waals surface area contributed by atoms with Gasteiger partial charge >= 0.3 is 11.9 Å². The predicted molar refractivity (Wildman–Crippen MR) is 60.5 cm³/mol. The lowest BCUT2D eigenvalue weighted by Gasteiger charge is -2.31. The Morgan fingerprint density at radius 3 is 2.53 bits per heavy atom. The van der Waals surface area contributed by atoms with Gasteiger partial charge in [-0.15, -0.1) is 0 Å². The molecular formula is C12H19NO4. The molecule has 2 fully saturated rings. The number of piperidine rings is 1. The van der Waals surface area contributed by atoms with Gasteiger partial charge in [0, 0.05) is 0 Å². The molecule has 1 saturated carbocycles. The molecule has 3 atom stereocenters. The van der Waals surface area contributed by atoms with Crippen molar-refractivity contribution in [1.29, 1.82) is 0 Å². The first-order valence-corrected chi connectivity index (χ1v) is 5.97. The van der Waals surface area contributed by atoms with Crippen LogP contribution in [-0.4, -0.2) is 34.2 Å². The molecule has 3 unspecified atom stereocenters. The zero-order chi connectivity index (χ0) is 12.8. The SMILES string of the molecule is CC(C)(C)OC(=O)C12CCC(C1)C(C(=O)O)N2. The Morgan fingerprint density at radius 2 is 2.06 bits per heavy atom. The minimum Gasteiger partial charge on any atom is -0.480 e. The molecule has 0 aromatic rings. The number of hydrogen-bond donors (Lipinski definition) is 2. The van der Waals surface area contributed by atoms with E-state index in [0.29, 0.717) is 12.8 Å². The molecule has 1 saturated heterocycles. The lowest BCUT2D eigenvalue weighted by atomic mass is 9.98. The summed E-state index contributed by atoms with van der Waals surface area (Å²) in [4.78, 5) is 23.2. The van der Waals surface area contributed by atoms with Crippen LogP contribution in [-0.2, 0) is 14.3 Å². The van der Waals surface area contributed by atoms with E-state index >= 15 is 0 Å². The molecule has 0 spiro atoms. The zero-order valence-electron chi connectivity index (χ0n) is 10.4. The number of esters is 1. The molecule has 1 aliphatic heterocycles. The summed E-state index contributed by atoms with van der Waals surface area (Å²) < 4.78 is 5.38. The molecule has 1 aliphatic carbocycles. The van der Waals surface area contributed by atoms with Crippen molar-refractivity contribution in [2.24, 2.45) is 5.92 Å². The van der Waals surface area contributed by atoms with Gasteiger partial charge in [0.05, 0.1) is 0 Å². The number of carboxylic acids is 1. The van der Waals surface area contributed by atoms with Crippen LogP contribution in [0.2, 0.25) is 0 Å². The number of fused-ring (bicyclic) bond motifs is 2. The van der Waals surface area contributed by atoms with Gasteiger partial charge in [0.2, 0.25) is 0 Å². The van der Waals surface area contributed by atoms with E-state index in [1.807, 2.05) is 20.8 Å². The lowest BCUT2D eigenvalue weighted by molar-refractivity contribution is -0.163. The quantitative estimate of drug-likeness (QED) is 0.703. The number of ether oxygens (including phenoxy) is 1. The van der Waals surface area contributed by atoms with Gasteiger partial charge in [-0.1, -0.05) is 0 Å². The van der Waals surface area contributed by atoms with Crippen LogP contribution in [0.4, 0.5) is 0 Å². The van der Waals surface area contributed by atoms with E-state index in [9.17, 15) is 9.59 Å². The number of aliphatic carboxylic acids is 1. The topological polar surface area (TPSA) is 75.6 Å². The summed E-state index contributed by atoms with van der Waals surface area (Å²) in [5.41, 5.74) is -1.30. The summed E-state index contributed by atoms with van der Waals surface area (Å²) in [5, 5.41) is 12.0. The average molecular weight is 241 g/mol. The van der Waals surface area contributed by atoms with Crippen LogP contribution >= 0.6 is 0 Å². The largest absolute Gasteiger partial charge is 0.480 e. The van der Waals surface area contributed by atoms with Crippen LogP contribution in [0.1, 0.15) is 40.0 Å². The highest BCUT2D eigenvalue weighted by atomic mass is 16.6. The van der Waals surface area contributed by atoms with Gasteiger partial charge in [0.15, 0.2) is 0 Å². The third-order valence-corrected chi connectivity index (χ3v) is 3.51. The smallest absolute Gasteiger partial charge is 0.326 e. The summed E-state index contributed by atoms with van der Waals surface area (Å²) in [6.07, 6.45) is 2.04. The second-order valence-corrected chi connectivity index (χ2v) is 6.05. The Morgan fingerprint density at radius 1 is 1.41 bits per heavy atom. The number of carbonyl (C=O) groups is 2. The van der Waals surface area contributed by atoms with Gasteiger partial charge in [-0.2, -0.15) is 0 Å². The molecule has 5 heteroatoms. The molecule has 0 aromatic heterocycles. The number of hydrogen-bond acceptors (Lipinski definition) is 4. The van der Waals surface area contributed by atoms with E-state index in [-0.39, 0.29) is 11.9 Å². The van der Waals surface area contributed by atoms with Gasteiger partial charge in [-0.3, -0.25) is 14.9 Å². The van der Waals surface area contributed by atoms with Crippen molar-refractivity contribution in [2.75, 3.05) is 0 Å². The summed E-state index contributed by atoms with van der Waals surface area (Å²) in [6.45, 7) is 5.45. The first-order valence-electron chi connectivity index (χ1n) is 5.97. The fraction of sp³-hybridized carbons (Fsp3) is 0.833. The van der Waals surface area contributed by atoms with Gasteiger partial charge < -0.3 is 9.84 Å². The molecule has 2 N–H and O–H groups in total. The van der Waals surface area contributed by atoms with E-state index < -0.39 is 23.2 Å². The Balaban J connectivity index is 2.11. The molecule has 2 bridgehead atoms. The molecule has 1 heterocycles. The Bertz CT molecular complexity index is 360. The van der Waals surface area contributed by atoms with Crippen LogP contribution in [0.5, 0.6) is 0 Å². The van der Waals surface area contributed by atoms with Crippen LogP contribution in [0.15, 0.2) is 0 Å². The molecule has 96 valence electrons. The molecule has 0 amide bonds. The van der Waals surface area contributed by atoms with Crippen molar-refractivity contribution in [3.05, 3.63) is 0 Å². The van der Waals surface area contributed by atoms with E-state index in [0.717, 1.165) is 6.42 Å². The summed E-state index contributed by atoms with van der Waals surface area (Å²) in [6, 6.07) is -0.601. The lowest BCUT2D eigenvalue weighted by Crippen LogP contribution is -2.55. The number of rotatable bonds is 2. The Labute approximate surface area is 101 Å². The zero-order valence-corrected chi connectivity index (χ0v) is 10.4. The van der Waals surface area contributed by atoms with Crippen molar-refractivity contribution in [2.45, 2.75) is 57.2 Å². The third kappa shape index (κ3) is 2.16. The maximum Gasteiger partial charge on any atom is 0.326 e. The highest BCUT2D eigenvalue weighted by Gasteiger charge is 2.58. The van der Waals surface area contributed by atoms with Crippen molar-refractivity contribution < 1.29 is 19.4 Å². The number of nitrogens with one attached hydrogen (secondary N) is 1. The minimum atomic E-state index is -0.875. The normalized spacial score (nSPS) is 35.9. The van der Waals surface area contributed by atoms with Crippen molar-refractivity contribution in [3.8, 4) is 0 Å². The summed E-state index contributed by atoms with van der Waals surface area (Å²) in [7, 11) is 0. The second-order valence-electron chi connectivity index (χ2n) is 6.05. The molecule has 2 aliphatic rings. The maximum atomic E-state index is 12.1. The van der Waals surface area contributed by atoms with E-state index in [4.69, 9.17) is 9.84 Å². The van der Waals surface area contributed by atoms with Gasteiger partial charge in [-0.25, -0.2) is 0 Å². The maximum absolute atomic E-state index is 12.1. The third-order valence-electron chi connectivity index (χ3n) is 3.51. The summed E-state index contributed by atoms with van der Waals surface area (Å²) in [5.74, 6) is -1.13. The fourth-order valence-corrected chi connectivity index (χ4v) is 2.80. The van der Waals surface area contributed by atoms with Gasteiger partial charge in [-0.05, 0) is 46.0 Å². The first-order chi connectivity index (χ1) is 7.73. The molecule has 5 nitrogen and oxygen atoms in total. The highest BCUT2D eigenvalue weighted by Crippen LogP contribution is 2.44. The monoisotopic (exact) mass is 241 g/mol. The predicted octanol–water partition coefficient (Wildman–Crippen LogP) is 0.923. The second kappa shape index (κ2) is 3.70. The van der Waals surface area contributed by atoms with E-state index in [2.05, 4.69) is 5.32 Å². The van der Waals surface area contributed by atoms with Crippen LogP contribution in [0, 0.1) is 5.92 Å². The first kappa shape index (κ1) is 12.4. The Hall–Kier alpha value is -1.10. The average Bonchev–Trinajstić information content (AvgIpc) is 2.72. The number of carbonyl (C=O) groups excluding carboxylic acids is 1. The summed E-state index contributed by atoms with van der Waals surface area (Å²) >= 11 is 0. The highest BCUT2D eigenvalue weighted by molar-refractivity contribution is 5.85. The minimum absolute atomic E-state index is 0.0556. The van der Waals surface area contributed by atoms with Crippen molar-refractivity contribution in [3.63, 3.8) is 0 Å². The molecule has 0 aromatic carbocycles. The van der Waals surface area contributed by atoms with Crippen LogP contribution in [0.3, 0.4) is 0 Å². The molecule has 17 heavy (non-hydrogen) atoms. The van der Waals surface area contributed by atoms with E-state index in [1.165, 1.54) is 0 Å². The van der Waals surface area contributed by atoms with Crippen molar-refractivity contribution >= 4 is 11.9 Å². The standard InChI is InChI=1S/C12H19NO4/c1-11(2,3)17-10(16)12-5-4-7(6-12)8(13-12)9(14)15/h7-8,13H,4-6H2,1-3H3,(H,14,15). The molecular weight excluding hydrogens is 222 g/mol. The Kier molecular flexibility index (Phi) is 2.69. The van der Waals surface area contributed by atoms with Crippen molar-refractivity contribution in [1.82, 2.24) is 5.32 Å². The van der Waals surface area contributed by atoms with Gasteiger partial charge in [0.25, 0.3) is 0 Å². The number of carboxylic acid groups (broad SMARTS) is 1. The molecule has 2 rings (SSSR count). The fourth-order valence-electron chi connectivity index (χ4n) is 2.80. The van der Waals surface area contributed by atoms with E-state index in [1.54, 1.807) is 0 Å². The van der Waals surface area contributed by atoms with Gasteiger partial charge in [0.1, 0.15) is 17.2 Å². The van der Waals surface area contributed by atoms with Crippen LogP contribution in [0.25, 0.3) is 0 Å². The molecule has 0 radical (unpaired) electrons.